The van der Waals surface area contributed by atoms with E-state index in [2.05, 4.69) is 4.98 Å². The highest BCUT2D eigenvalue weighted by Crippen LogP contribution is 2.37. The smallest absolute Gasteiger partial charge is 0.291 e. The number of imidazole rings is 1. The number of aryl methyl sites for hydroxylation is 1. The molecule has 1 aliphatic heterocycles. The summed E-state index contributed by atoms with van der Waals surface area (Å²) in [6.07, 6.45) is 7.28. The molecule has 1 aromatic heterocycles. The van der Waals surface area contributed by atoms with Crippen LogP contribution in [-0.2, 0) is 36.7 Å². The van der Waals surface area contributed by atoms with Gasteiger partial charge in [-0.15, -0.1) is 10.1 Å². The fraction of sp³-hybridized carbons (Fsp3) is 0.471. The average Bonchev–Trinajstić information content (AvgIpc) is 3.21. The maximum absolute atomic E-state index is 11.5. The zero-order valence-corrected chi connectivity index (χ0v) is 17.9. The fourth-order valence-electron chi connectivity index (χ4n) is 3.00. The molecule has 1 N–H and O–H groups in total. The number of ether oxygens (including phenoxy) is 2. The van der Waals surface area contributed by atoms with Crippen molar-refractivity contribution in [3.8, 4) is 0 Å². The lowest BCUT2D eigenvalue weighted by atomic mass is 10.0. The van der Waals surface area contributed by atoms with Crippen molar-refractivity contribution in [1.82, 2.24) is 9.55 Å². The number of rotatable bonds is 7. The quantitative estimate of drug-likeness (QED) is 0.371. The van der Waals surface area contributed by atoms with Gasteiger partial charge >= 0.3 is 0 Å². The van der Waals surface area contributed by atoms with Gasteiger partial charge in [0.05, 0.1) is 19.1 Å². The molecule has 0 aliphatic carbocycles. The van der Waals surface area contributed by atoms with Crippen molar-refractivity contribution in [3.63, 3.8) is 0 Å². The highest BCUT2D eigenvalue weighted by atomic mass is 35.5. The lowest BCUT2D eigenvalue weighted by Crippen LogP contribution is -2.41. The molecule has 1 fully saturated rings. The van der Waals surface area contributed by atoms with Gasteiger partial charge in [-0.2, -0.15) is 8.42 Å². The molecular weight excluding hydrogens is 442 g/mol. The van der Waals surface area contributed by atoms with E-state index in [9.17, 15) is 8.42 Å². The fourth-order valence-corrected chi connectivity index (χ4v) is 3.85. The summed E-state index contributed by atoms with van der Waals surface area (Å²) in [5.41, 5.74) is 1.07. The number of nitrogens with zero attached hydrogens (tertiary/aromatic N) is 3. The van der Waals surface area contributed by atoms with Crippen LogP contribution < -0.4 is 0 Å². The number of benzene rings is 1. The van der Waals surface area contributed by atoms with E-state index >= 15 is 0 Å². The van der Waals surface area contributed by atoms with Crippen molar-refractivity contribution in [1.29, 1.82) is 0 Å². The van der Waals surface area contributed by atoms with Gasteiger partial charge in [-0.05, 0) is 31.0 Å². The molecule has 0 saturated carbocycles. The summed E-state index contributed by atoms with van der Waals surface area (Å²) < 4.78 is 42.0. The van der Waals surface area contributed by atoms with Crippen LogP contribution in [0.3, 0.4) is 0 Å². The van der Waals surface area contributed by atoms with Gasteiger partial charge in [0.1, 0.15) is 6.61 Å². The summed E-state index contributed by atoms with van der Waals surface area (Å²) in [7, 11) is -3.69. The van der Waals surface area contributed by atoms with E-state index in [1.54, 1.807) is 25.6 Å². The Morgan fingerprint density at radius 3 is 2.57 bits per heavy atom. The van der Waals surface area contributed by atoms with Gasteiger partial charge in [-0.25, -0.2) is 9.17 Å². The zero-order chi connectivity index (χ0) is 22.4. The van der Waals surface area contributed by atoms with E-state index in [0.717, 1.165) is 11.8 Å². The first-order chi connectivity index (χ1) is 13.9. The van der Waals surface area contributed by atoms with E-state index in [0.29, 0.717) is 24.4 Å². The lowest BCUT2D eigenvalue weighted by Gasteiger charge is -2.30. The van der Waals surface area contributed by atoms with Crippen LogP contribution in [0.4, 0.5) is 0 Å². The highest BCUT2D eigenvalue weighted by Gasteiger charge is 2.50. The van der Waals surface area contributed by atoms with Gasteiger partial charge in [-0.1, -0.05) is 23.7 Å². The second kappa shape index (κ2) is 9.71. The van der Waals surface area contributed by atoms with Gasteiger partial charge in [0.25, 0.3) is 15.2 Å². The van der Waals surface area contributed by atoms with E-state index in [4.69, 9.17) is 40.6 Å². The Balaban J connectivity index is 0.000000735. The minimum Gasteiger partial charge on any atom is -0.342 e. The van der Waals surface area contributed by atoms with Crippen molar-refractivity contribution < 1.29 is 32.4 Å². The molecule has 1 aliphatic rings. The van der Waals surface area contributed by atoms with Crippen molar-refractivity contribution >= 4 is 21.7 Å². The van der Waals surface area contributed by atoms with Crippen molar-refractivity contribution in [3.05, 3.63) is 63.7 Å². The molecule has 166 valence electrons. The van der Waals surface area contributed by atoms with E-state index < -0.39 is 26.8 Å². The van der Waals surface area contributed by atoms with Gasteiger partial charge < -0.3 is 19.2 Å². The molecule has 30 heavy (non-hydrogen) atoms. The number of hydrogen-bond donors (Lipinski definition) is 1. The molecule has 13 heteroatoms. The molecular formula is C17H22ClN3O8S. The summed E-state index contributed by atoms with van der Waals surface area (Å²) >= 11 is 5.93. The molecule has 2 atom stereocenters. The third-order valence-electron chi connectivity index (χ3n) is 4.02. The van der Waals surface area contributed by atoms with Crippen LogP contribution >= 0.6 is 11.6 Å². The second-order valence-corrected chi connectivity index (χ2v) is 8.83. The molecule has 0 amide bonds. The summed E-state index contributed by atoms with van der Waals surface area (Å²) in [5.74, 6) is -2.39. The summed E-state index contributed by atoms with van der Waals surface area (Å²) in [4.78, 5) is 12.4. The highest BCUT2D eigenvalue weighted by molar-refractivity contribution is 7.86. The van der Waals surface area contributed by atoms with Gasteiger partial charge in [-0.3, -0.25) is 0 Å². The molecule has 0 radical (unpaired) electrons. The molecule has 0 bridgehead atoms. The average molecular weight is 464 g/mol. The third kappa shape index (κ3) is 7.88. The Labute approximate surface area is 178 Å². The summed E-state index contributed by atoms with van der Waals surface area (Å²) in [5, 5.41) is 14.3. The van der Waals surface area contributed by atoms with Crippen LogP contribution in [-0.4, -0.2) is 52.7 Å². The molecule has 2 heterocycles. The van der Waals surface area contributed by atoms with Crippen LogP contribution in [0.15, 0.2) is 43.0 Å². The molecule has 0 unspecified atom stereocenters. The van der Waals surface area contributed by atoms with Crippen LogP contribution in [0, 0.1) is 10.1 Å². The first-order valence-electron chi connectivity index (χ1n) is 8.69. The molecule has 0 spiro atoms. The Hall–Kier alpha value is -2.25. The Morgan fingerprint density at radius 1 is 1.40 bits per heavy atom. The number of halogens is 1. The zero-order valence-electron chi connectivity index (χ0n) is 16.3. The standard InChI is InChI=1S/C17H21ClN2O5S.HNO3/c1-16(25-26(2,21)22)12-23-17(24-16,11-20-10-9-19-13-20)8-7-14-3-5-15(18)6-4-14;2-1(3)4/h3-6,9-10,13H,7-8,11-12H2,1-2H3;(H,2,3,4)/t16-,17+;/m0./s1. The first kappa shape index (κ1) is 24.0. The molecule has 11 nitrogen and oxygen atoms in total. The Bertz CT molecular complexity index is 934. The molecule has 1 saturated heterocycles. The van der Waals surface area contributed by atoms with Crippen LogP contribution in [0.25, 0.3) is 0 Å². The van der Waals surface area contributed by atoms with Crippen molar-refractivity contribution in [2.75, 3.05) is 12.9 Å². The Morgan fingerprint density at radius 2 is 2.03 bits per heavy atom. The van der Waals surface area contributed by atoms with Crippen molar-refractivity contribution in [2.45, 2.75) is 37.9 Å². The lowest BCUT2D eigenvalue weighted by molar-refractivity contribution is -0.742. The van der Waals surface area contributed by atoms with Crippen LogP contribution in [0.1, 0.15) is 18.9 Å². The molecule has 1 aromatic carbocycles. The van der Waals surface area contributed by atoms with E-state index in [1.165, 1.54) is 0 Å². The maximum atomic E-state index is 11.5. The summed E-state index contributed by atoms with van der Waals surface area (Å²) in [6, 6.07) is 7.53. The van der Waals surface area contributed by atoms with Gasteiger partial charge in [0.2, 0.25) is 5.79 Å². The summed E-state index contributed by atoms with van der Waals surface area (Å²) in [6.45, 7) is 1.94. The van der Waals surface area contributed by atoms with E-state index in [1.807, 2.05) is 28.8 Å². The second-order valence-electron chi connectivity index (χ2n) is 6.82. The van der Waals surface area contributed by atoms with Gasteiger partial charge in [0.15, 0.2) is 5.79 Å². The molecule has 2 aromatic rings. The van der Waals surface area contributed by atoms with Crippen LogP contribution in [0.2, 0.25) is 5.02 Å². The monoisotopic (exact) mass is 463 g/mol. The van der Waals surface area contributed by atoms with E-state index in [-0.39, 0.29) is 6.61 Å². The SMILES string of the molecule is C[C@]1(OS(C)(=O)=O)CO[C@@](CCc2ccc(Cl)cc2)(Cn2ccnc2)O1.O=[N+]([O-])O. The largest absolute Gasteiger partial charge is 0.342 e. The normalized spacial score (nSPS) is 23.6. The first-order valence-corrected chi connectivity index (χ1v) is 10.9. The minimum atomic E-state index is -3.69. The predicted octanol–water partition coefficient (Wildman–Crippen LogP) is 2.26. The number of aromatic nitrogens is 2. The van der Waals surface area contributed by atoms with Crippen LogP contribution in [0.5, 0.6) is 0 Å². The molecule has 3 rings (SSSR count). The van der Waals surface area contributed by atoms with Crippen molar-refractivity contribution in [2.24, 2.45) is 0 Å². The topological polar surface area (TPSA) is 143 Å². The maximum Gasteiger partial charge on any atom is 0.291 e. The van der Waals surface area contributed by atoms with Gasteiger partial charge in [0, 0.05) is 23.8 Å². The third-order valence-corrected chi connectivity index (χ3v) is 4.92. The number of hydrogen-bond acceptors (Lipinski definition) is 8. The predicted molar refractivity (Wildman–Crippen MR) is 105 cm³/mol. The Kier molecular flexibility index (Phi) is 7.77. The minimum absolute atomic E-state index is 0.00931.